The van der Waals surface area contributed by atoms with Crippen LogP contribution < -0.4 is 4.74 Å². The molecular formula is C11H15BrN2O3. The normalized spacial score (nSPS) is 17.2. The maximum atomic E-state index is 11.8. The van der Waals surface area contributed by atoms with E-state index in [2.05, 4.69) is 34.9 Å². The predicted molar refractivity (Wildman–Crippen MR) is 65.2 cm³/mol. The first kappa shape index (κ1) is 12.4. The van der Waals surface area contributed by atoms with Gasteiger partial charge in [0.05, 0.1) is 19.8 Å². The maximum Gasteiger partial charge on any atom is 0.346 e. The van der Waals surface area contributed by atoms with Crippen molar-refractivity contribution < 1.29 is 14.3 Å². The van der Waals surface area contributed by atoms with Crippen LogP contribution in [0.5, 0.6) is 5.88 Å². The van der Waals surface area contributed by atoms with E-state index in [4.69, 9.17) is 9.47 Å². The van der Waals surface area contributed by atoms with Gasteiger partial charge in [0.1, 0.15) is 4.60 Å². The summed E-state index contributed by atoms with van der Waals surface area (Å²) in [6, 6.07) is 0. The minimum Gasteiger partial charge on any atom is -0.477 e. The Hall–Kier alpha value is -1.04. The molecule has 6 heteroatoms. The number of hydrogen-bond acceptors (Lipinski definition) is 4. The molecule has 0 atom stereocenters. The molecule has 1 aromatic heterocycles. The van der Waals surface area contributed by atoms with Crippen molar-refractivity contribution >= 4 is 21.9 Å². The van der Waals surface area contributed by atoms with Crippen LogP contribution in [0.1, 0.15) is 31.1 Å². The van der Waals surface area contributed by atoms with Crippen molar-refractivity contribution in [1.82, 2.24) is 9.78 Å². The first-order valence-corrected chi connectivity index (χ1v) is 6.30. The Morgan fingerprint density at radius 2 is 2.35 bits per heavy atom. The summed E-state index contributed by atoms with van der Waals surface area (Å²) in [7, 11) is 0. The van der Waals surface area contributed by atoms with E-state index in [1.54, 1.807) is 11.6 Å². The molecule has 0 radical (unpaired) electrons. The van der Waals surface area contributed by atoms with Gasteiger partial charge in [0, 0.05) is 5.41 Å². The lowest BCUT2D eigenvalue weighted by atomic mass is 9.94. The number of fused-ring (bicyclic) bond motifs is 1. The summed E-state index contributed by atoms with van der Waals surface area (Å²) >= 11 is 3.27. The van der Waals surface area contributed by atoms with Gasteiger partial charge in [-0.2, -0.15) is 5.10 Å². The molecule has 0 N–H and O–H groups in total. The zero-order valence-electron chi connectivity index (χ0n) is 10.1. The van der Waals surface area contributed by atoms with Gasteiger partial charge < -0.3 is 9.47 Å². The van der Waals surface area contributed by atoms with E-state index in [1.807, 2.05) is 0 Å². The van der Waals surface area contributed by atoms with Gasteiger partial charge in [-0.3, -0.25) is 0 Å². The predicted octanol–water partition coefficient (Wildman–Crippen LogP) is 2.24. The summed E-state index contributed by atoms with van der Waals surface area (Å²) in [5.74, 6) is 0.0926. The molecule has 94 valence electrons. The van der Waals surface area contributed by atoms with Crippen molar-refractivity contribution in [1.29, 1.82) is 0 Å². The number of halogens is 1. The van der Waals surface area contributed by atoms with E-state index in [0.29, 0.717) is 29.3 Å². The van der Waals surface area contributed by atoms with E-state index < -0.39 is 5.97 Å². The lowest BCUT2D eigenvalue weighted by molar-refractivity contribution is 0.0505. The van der Waals surface area contributed by atoms with Crippen LogP contribution in [-0.4, -0.2) is 29.0 Å². The number of aromatic nitrogens is 2. The largest absolute Gasteiger partial charge is 0.477 e. The van der Waals surface area contributed by atoms with Crippen LogP contribution in [0.3, 0.4) is 0 Å². The molecule has 5 nitrogen and oxygen atoms in total. The SMILES string of the molecule is CCOC(=O)c1c(Br)nn2c1OCC(C)(C)C2. The number of carbonyl (C=O) groups is 1. The average molecular weight is 303 g/mol. The van der Waals surface area contributed by atoms with Crippen molar-refractivity contribution in [2.75, 3.05) is 13.2 Å². The molecule has 0 bridgehead atoms. The Balaban J connectivity index is 2.37. The highest BCUT2D eigenvalue weighted by atomic mass is 79.9. The maximum absolute atomic E-state index is 11.8. The second kappa shape index (κ2) is 4.33. The minimum atomic E-state index is -0.402. The molecule has 2 heterocycles. The van der Waals surface area contributed by atoms with E-state index in [0.717, 1.165) is 6.54 Å². The zero-order chi connectivity index (χ0) is 12.6. The van der Waals surface area contributed by atoms with Gasteiger partial charge in [-0.05, 0) is 22.9 Å². The molecule has 0 amide bonds. The standard InChI is InChI=1S/C11H15BrN2O3/c1-4-16-10(15)7-8(12)13-14-5-11(2,3)6-17-9(7)14/h4-6H2,1-3H3. The van der Waals surface area contributed by atoms with Crippen LogP contribution >= 0.6 is 15.9 Å². The second-order valence-corrected chi connectivity index (χ2v) is 5.55. The fraction of sp³-hybridized carbons (Fsp3) is 0.636. The first-order chi connectivity index (χ1) is 7.94. The Labute approximate surface area is 108 Å². The fourth-order valence-corrected chi connectivity index (χ4v) is 2.29. The summed E-state index contributed by atoms with van der Waals surface area (Å²) < 4.78 is 12.8. The summed E-state index contributed by atoms with van der Waals surface area (Å²) in [5.41, 5.74) is 0.395. The molecule has 0 unspecified atom stereocenters. The van der Waals surface area contributed by atoms with Crippen LogP contribution in [0.2, 0.25) is 0 Å². The number of carbonyl (C=O) groups excluding carboxylic acids is 1. The summed E-state index contributed by atoms with van der Waals surface area (Å²) in [4.78, 5) is 11.8. The molecule has 17 heavy (non-hydrogen) atoms. The molecule has 1 aliphatic heterocycles. The quantitative estimate of drug-likeness (QED) is 0.786. The van der Waals surface area contributed by atoms with Crippen molar-refractivity contribution in [3.8, 4) is 5.88 Å². The Kier molecular flexibility index (Phi) is 3.16. The Morgan fingerprint density at radius 3 is 3.00 bits per heavy atom. The number of ether oxygens (including phenoxy) is 2. The van der Waals surface area contributed by atoms with Gasteiger partial charge in [0.15, 0.2) is 5.56 Å². The van der Waals surface area contributed by atoms with Gasteiger partial charge in [-0.1, -0.05) is 13.8 Å². The average Bonchev–Trinajstić information content (AvgIpc) is 2.51. The molecule has 1 aliphatic rings. The molecule has 0 aromatic carbocycles. The highest BCUT2D eigenvalue weighted by Crippen LogP contribution is 2.34. The van der Waals surface area contributed by atoms with Crippen molar-refractivity contribution in [2.24, 2.45) is 5.41 Å². The van der Waals surface area contributed by atoms with Crippen molar-refractivity contribution in [2.45, 2.75) is 27.3 Å². The molecule has 2 rings (SSSR count). The number of esters is 1. The third-order valence-corrected chi connectivity index (χ3v) is 3.08. The van der Waals surface area contributed by atoms with Gasteiger partial charge in [-0.25, -0.2) is 9.48 Å². The zero-order valence-corrected chi connectivity index (χ0v) is 11.7. The van der Waals surface area contributed by atoms with Crippen molar-refractivity contribution in [3.63, 3.8) is 0 Å². The Morgan fingerprint density at radius 1 is 1.65 bits per heavy atom. The molecule has 0 saturated heterocycles. The van der Waals surface area contributed by atoms with Crippen LogP contribution in [0.15, 0.2) is 4.60 Å². The molecule has 0 saturated carbocycles. The molecule has 0 spiro atoms. The first-order valence-electron chi connectivity index (χ1n) is 5.51. The Bertz CT molecular complexity index is 454. The number of nitrogens with zero attached hydrogens (tertiary/aromatic N) is 2. The van der Waals surface area contributed by atoms with E-state index >= 15 is 0 Å². The summed E-state index contributed by atoms with van der Waals surface area (Å²) in [6.45, 7) is 7.58. The molecule has 1 aromatic rings. The molecular weight excluding hydrogens is 288 g/mol. The highest BCUT2D eigenvalue weighted by molar-refractivity contribution is 9.10. The van der Waals surface area contributed by atoms with Gasteiger partial charge >= 0.3 is 5.97 Å². The van der Waals surface area contributed by atoms with Gasteiger partial charge in [0.25, 0.3) is 0 Å². The van der Waals surface area contributed by atoms with E-state index in [-0.39, 0.29) is 5.41 Å². The third kappa shape index (κ3) is 2.31. The van der Waals surface area contributed by atoms with Crippen LogP contribution in [0.25, 0.3) is 0 Å². The summed E-state index contributed by atoms with van der Waals surface area (Å²) in [6.07, 6.45) is 0. The van der Waals surface area contributed by atoms with Crippen LogP contribution in [0.4, 0.5) is 0 Å². The fourth-order valence-electron chi connectivity index (χ4n) is 1.76. The van der Waals surface area contributed by atoms with E-state index in [9.17, 15) is 4.79 Å². The topological polar surface area (TPSA) is 53.3 Å². The van der Waals surface area contributed by atoms with Crippen molar-refractivity contribution in [3.05, 3.63) is 10.2 Å². The third-order valence-electron chi connectivity index (χ3n) is 2.52. The highest BCUT2D eigenvalue weighted by Gasteiger charge is 2.33. The van der Waals surface area contributed by atoms with Crippen LogP contribution in [-0.2, 0) is 11.3 Å². The lowest BCUT2D eigenvalue weighted by Gasteiger charge is -2.30. The molecule has 0 aliphatic carbocycles. The van der Waals surface area contributed by atoms with Crippen LogP contribution in [0, 0.1) is 5.41 Å². The monoisotopic (exact) mass is 302 g/mol. The van der Waals surface area contributed by atoms with Gasteiger partial charge in [0.2, 0.25) is 5.88 Å². The van der Waals surface area contributed by atoms with Gasteiger partial charge in [-0.15, -0.1) is 0 Å². The van der Waals surface area contributed by atoms with E-state index in [1.165, 1.54) is 0 Å². The number of hydrogen-bond donors (Lipinski definition) is 0. The number of rotatable bonds is 2. The summed E-state index contributed by atoms with van der Waals surface area (Å²) in [5, 5.41) is 4.26. The smallest absolute Gasteiger partial charge is 0.346 e. The minimum absolute atomic E-state index is 0.0182. The lowest BCUT2D eigenvalue weighted by Crippen LogP contribution is -2.33. The second-order valence-electron chi connectivity index (χ2n) is 4.80. The molecule has 0 fully saturated rings.